The fourth-order valence-corrected chi connectivity index (χ4v) is 3.14. The van der Waals surface area contributed by atoms with E-state index in [0.29, 0.717) is 6.10 Å². The van der Waals surface area contributed by atoms with Gasteiger partial charge in [-0.25, -0.2) is 0 Å². The van der Waals surface area contributed by atoms with E-state index in [9.17, 15) is 5.11 Å². The second-order valence-corrected chi connectivity index (χ2v) is 6.25. The van der Waals surface area contributed by atoms with Crippen LogP contribution in [-0.2, 0) is 4.74 Å². The molecule has 3 heteroatoms. The maximum Gasteiger partial charge on any atom is 0.0936 e. The quantitative estimate of drug-likeness (QED) is 0.704. The predicted molar refractivity (Wildman–Crippen MR) is 59.8 cm³/mol. The Morgan fingerprint density at radius 1 is 1.20 bits per heavy atom. The molecule has 0 aromatic rings. The molecule has 2 rings (SSSR count). The second-order valence-electron chi connectivity index (χ2n) is 6.25. The number of aliphatic hydroxyl groups is 1. The van der Waals surface area contributed by atoms with E-state index in [1.807, 2.05) is 0 Å². The number of hydrogen-bond donors (Lipinski definition) is 1. The van der Waals surface area contributed by atoms with Crippen LogP contribution in [0.1, 0.15) is 40.5 Å². The highest BCUT2D eigenvalue weighted by molar-refractivity contribution is 5.01. The molecule has 0 aliphatic carbocycles. The topological polar surface area (TPSA) is 36.0 Å². The van der Waals surface area contributed by atoms with Crippen LogP contribution in [0, 0.1) is 0 Å². The molecule has 2 aliphatic heterocycles. The Kier molecular flexibility index (Phi) is 2.61. The summed E-state index contributed by atoms with van der Waals surface area (Å²) in [6.45, 7) is 10.8. The van der Waals surface area contributed by atoms with Crippen molar-refractivity contribution in [2.75, 3.05) is 13.2 Å². The van der Waals surface area contributed by atoms with Gasteiger partial charge in [0.2, 0.25) is 0 Å². The molecule has 2 heterocycles. The summed E-state index contributed by atoms with van der Waals surface area (Å²) in [5, 5.41) is 9.89. The summed E-state index contributed by atoms with van der Waals surface area (Å²) >= 11 is 0. The number of nitrogens with zero attached hydrogens (tertiary/aromatic N) is 1. The van der Waals surface area contributed by atoms with E-state index < -0.39 is 0 Å². The van der Waals surface area contributed by atoms with Crippen LogP contribution in [0.25, 0.3) is 0 Å². The molecule has 0 aromatic heterocycles. The van der Waals surface area contributed by atoms with Crippen LogP contribution in [-0.4, -0.2) is 46.4 Å². The van der Waals surface area contributed by atoms with E-state index >= 15 is 0 Å². The molecule has 1 unspecified atom stereocenters. The molecule has 0 aromatic carbocycles. The zero-order valence-electron chi connectivity index (χ0n) is 10.3. The lowest BCUT2D eigenvalue weighted by molar-refractivity contribution is -0.0828. The first-order valence-corrected chi connectivity index (χ1v) is 5.89. The third kappa shape index (κ3) is 2.35. The SMILES string of the molecule is CC1(C)CC(O)CC(C)(C)N1CC1CO1. The summed E-state index contributed by atoms with van der Waals surface area (Å²) < 4.78 is 5.32. The van der Waals surface area contributed by atoms with Crippen molar-refractivity contribution in [2.24, 2.45) is 0 Å². The number of aliphatic hydroxyl groups excluding tert-OH is 1. The van der Waals surface area contributed by atoms with E-state index in [0.717, 1.165) is 26.0 Å². The van der Waals surface area contributed by atoms with Crippen molar-refractivity contribution in [2.45, 2.75) is 63.8 Å². The summed E-state index contributed by atoms with van der Waals surface area (Å²) in [5.41, 5.74) is 0.153. The van der Waals surface area contributed by atoms with Gasteiger partial charge < -0.3 is 9.84 Å². The van der Waals surface area contributed by atoms with Gasteiger partial charge in [0.05, 0.1) is 18.8 Å². The van der Waals surface area contributed by atoms with Crippen molar-refractivity contribution in [1.29, 1.82) is 0 Å². The molecule has 0 radical (unpaired) electrons. The normalized spacial score (nSPS) is 35.4. The van der Waals surface area contributed by atoms with Gasteiger partial charge in [-0.1, -0.05) is 0 Å². The third-order valence-corrected chi connectivity index (χ3v) is 3.72. The predicted octanol–water partition coefficient (Wildman–Crippen LogP) is 1.40. The van der Waals surface area contributed by atoms with Gasteiger partial charge in [0.1, 0.15) is 0 Å². The summed E-state index contributed by atoms with van der Waals surface area (Å²) in [5.74, 6) is 0. The van der Waals surface area contributed by atoms with Crippen molar-refractivity contribution in [1.82, 2.24) is 4.90 Å². The molecule has 3 nitrogen and oxygen atoms in total. The minimum absolute atomic E-state index is 0.0765. The minimum atomic E-state index is -0.161. The molecule has 0 amide bonds. The monoisotopic (exact) mass is 213 g/mol. The number of epoxide rings is 1. The zero-order chi connectivity index (χ0) is 11.3. The Morgan fingerprint density at radius 2 is 1.67 bits per heavy atom. The molecule has 2 fully saturated rings. The lowest BCUT2D eigenvalue weighted by Crippen LogP contribution is -2.62. The van der Waals surface area contributed by atoms with Crippen molar-refractivity contribution in [3.8, 4) is 0 Å². The average molecular weight is 213 g/mol. The van der Waals surface area contributed by atoms with Gasteiger partial charge in [-0.05, 0) is 40.5 Å². The van der Waals surface area contributed by atoms with Crippen LogP contribution < -0.4 is 0 Å². The van der Waals surface area contributed by atoms with Gasteiger partial charge in [-0.2, -0.15) is 0 Å². The van der Waals surface area contributed by atoms with E-state index in [2.05, 4.69) is 32.6 Å². The smallest absolute Gasteiger partial charge is 0.0936 e. The Balaban J connectivity index is 2.13. The van der Waals surface area contributed by atoms with Crippen molar-refractivity contribution >= 4 is 0 Å². The van der Waals surface area contributed by atoms with Gasteiger partial charge >= 0.3 is 0 Å². The molecule has 15 heavy (non-hydrogen) atoms. The van der Waals surface area contributed by atoms with Crippen LogP contribution in [0.2, 0.25) is 0 Å². The standard InChI is InChI=1S/C12H23NO2/c1-11(2)5-9(14)6-12(3,4)13(11)7-10-8-15-10/h9-10,14H,5-8H2,1-4H3. The molecular weight excluding hydrogens is 190 g/mol. The van der Waals surface area contributed by atoms with Crippen molar-refractivity contribution < 1.29 is 9.84 Å². The van der Waals surface area contributed by atoms with E-state index in [4.69, 9.17) is 4.74 Å². The molecule has 2 saturated heterocycles. The van der Waals surface area contributed by atoms with Crippen LogP contribution >= 0.6 is 0 Å². The molecule has 1 atom stereocenters. The van der Waals surface area contributed by atoms with Crippen molar-refractivity contribution in [3.05, 3.63) is 0 Å². The Bertz CT molecular complexity index is 228. The van der Waals surface area contributed by atoms with Crippen LogP contribution in [0.5, 0.6) is 0 Å². The Labute approximate surface area is 92.4 Å². The Hall–Kier alpha value is -0.120. The fourth-order valence-electron chi connectivity index (χ4n) is 3.14. The number of rotatable bonds is 2. The van der Waals surface area contributed by atoms with E-state index in [-0.39, 0.29) is 17.2 Å². The zero-order valence-corrected chi connectivity index (χ0v) is 10.3. The summed E-state index contributed by atoms with van der Waals surface area (Å²) in [4.78, 5) is 2.50. The molecule has 0 saturated carbocycles. The lowest BCUT2D eigenvalue weighted by Gasteiger charge is -2.54. The number of likely N-dealkylation sites (tertiary alicyclic amines) is 1. The number of hydrogen-bond acceptors (Lipinski definition) is 3. The Morgan fingerprint density at radius 3 is 2.07 bits per heavy atom. The van der Waals surface area contributed by atoms with Gasteiger partial charge in [0.15, 0.2) is 0 Å². The highest BCUT2D eigenvalue weighted by atomic mass is 16.6. The van der Waals surface area contributed by atoms with Crippen LogP contribution in [0.4, 0.5) is 0 Å². The molecular formula is C12H23NO2. The van der Waals surface area contributed by atoms with Crippen molar-refractivity contribution in [3.63, 3.8) is 0 Å². The van der Waals surface area contributed by atoms with Gasteiger partial charge in [-0.3, -0.25) is 4.90 Å². The van der Waals surface area contributed by atoms with E-state index in [1.54, 1.807) is 0 Å². The summed E-state index contributed by atoms with van der Waals surface area (Å²) in [6, 6.07) is 0. The first kappa shape index (κ1) is 11.4. The maximum absolute atomic E-state index is 9.89. The van der Waals surface area contributed by atoms with Gasteiger partial charge in [-0.15, -0.1) is 0 Å². The highest BCUT2D eigenvalue weighted by Crippen LogP contribution is 2.39. The highest BCUT2D eigenvalue weighted by Gasteiger charge is 2.46. The molecule has 0 spiro atoms. The number of ether oxygens (including phenoxy) is 1. The summed E-state index contributed by atoms with van der Waals surface area (Å²) in [6.07, 6.45) is 2.00. The molecule has 0 bridgehead atoms. The number of piperidine rings is 1. The minimum Gasteiger partial charge on any atom is -0.393 e. The largest absolute Gasteiger partial charge is 0.393 e. The molecule has 1 N–H and O–H groups in total. The lowest BCUT2D eigenvalue weighted by atomic mass is 9.78. The third-order valence-electron chi connectivity index (χ3n) is 3.72. The summed E-state index contributed by atoms with van der Waals surface area (Å²) in [7, 11) is 0. The average Bonchev–Trinajstić information content (AvgIpc) is 2.76. The van der Waals surface area contributed by atoms with Crippen LogP contribution in [0.15, 0.2) is 0 Å². The molecule has 2 aliphatic rings. The first-order chi connectivity index (χ1) is 6.81. The van der Waals surface area contributed by atoms with Gasteiger partial charge in [0.25, 0.3) is 0 Å². The van der Waals surface area contributed by atoms with Gasteiger partial charge in [0, 0.05) is 17.6 Å². The fraction of sp³-hybridized carbons (Fsp3) is 1.00. The maximum atomic E-state index is 9.89. The first-order valence-electron chi connectivity index (χ1n) is 5.89. The van der Waals surface area contributed by atoms with Crippen LogP contribution in [0.3, 0.4) is 0 Å². The van der Waals surface area contributed by atoms with E-state index in [1.165, 1.54) is 0 Å². The second kappa shape index (κ2) is 3.44. The molecule has 88 valence electrons.